The van der Waals surface area contributed by atoms with Crippen molar-refractivity contribution < 1.29 is 22.0 Å². The number of aromatic amines is 1. The van der Waals surface area contributed by atoms with Gasteiger partial charge in [-0.2, -0.15) is 0 Å². The molecular formula is C7H6ClN5O2. The third-order valence-electron chi connectivity index (χ3n) is 1.72. The fraction of sp³-hybridized carbons (Fsp3) is 0. The lowest BCUT2D eigenvalue weighted by Gasteiger charge is -1.93. The van der Waals surface area contributed by atoms with Crippen molar-refractivity contribution in [2.45, 2.75) is 0 Å². The van der Waals surface area contributed by atoms with Gasteiger partial charge in [0.15, 0.2) is 5.21 Å². The van der Waals surface area contributed by atoms with E-state index in [0.717, 1.165) is 5.69 Å². The molecule has 1 aromatic carbocycles. The number of non-ortho nitro benzene ring substituents is 1. The van der Waals surface area contributed by atoms with Crippen molar-refractivity contribution in [1.82, 2.24) is 15.5 Å². The SMILES string of the molecule is O=[N+]([O-])c1ccc(-[n+]2cnn[nH]2)cc1.[Cl-]. The zero-order valence-electron chi connectivity index (χ0n) is 7.37. The molecule has 0 aliphatic carbocycles. The molecule has 0 spiro atoms. The Balaban J connectivity index is 0.00000112. The van der Waals surface area contributed by atoms with Crippen LogP contribution in [0.2, 0.25) is 0 Å². The maximum absolute atomic E-state index is 10.4. The predicted molar refractivity (Wildman–Crippen MR) is 44.6 cm³/mol. The number of nitro groups is 1. The lowest BCUT2D eigenvalue weighted by Crippen LogP contribution is -3.00. The van der Waals surface area contributed by atoms with Crippen LogP contribution in [0.15, 0.2) is 30.6 Å². The summed E-state index contributed by atoms with van der Waals surface area (Å²) >= 11 is 0. The molecule has 78 valence electrons. The first-order chi connectivity index (χ1) is 6.77. The van der Waals surface area contributed by atoms with Crippen LogP contribution in [0.4, 0.5) is 5.69 Å². The minimum absolute atomic E-state index is 0. The fourth-order valence-corrected chi connectivity index (χ4v) is 1.04. The zero-order valence-corrected chi connectivity index (χ0v) is 8.13. The zero-order chi connectivity index (χ0) is 9.97. The van der Waals surface area contributed by atoms with Crippen LogP contribution >= 0.6 is 0 Å². The molecule has 1 aromatic heterocycles. The Hall–Kier alpha value is -2.02. The average Bonchev–Trinajstić information content (AvgIpc) is 2.71. The van der Waals surface area contributed by atoms with Crippen LogP contribution in [0, 0.1) is 10.1 Å². The molecule has 0 atom stereocenters. The van der Waals surface area contributed by atoms with Gasteiger partial charge in [-0.15, -0.1) is 4.68 Å². The smallest absolute Gasteiger partial charge is 0.293 e. The number of halogens is 1. The number of hydrogen-bond donors (Lipinski definition) is 1. The van der Waals surface area contributed by atoms with Crippen molar-refractivity contribution >= 4 is 5.69 Å². The lowest BCUT2D eigenvalue weighted by molar-refractivity contribution is -0.660. The summed E-state index contributed by atoms with van der Waals surface area (Å²) in [7, 11) is 0. The Bertz CT molecular complexity index is 441. The van der Waals surface area contributed by atoms with Gasteiger partial charge in [-0.25, -0.2) is 0 Å². The van der Waals surface area contributed by atoms with E-state index in [9.17, 15) is 10.1 Å². The topological polar surface area (TPSA) is 88.6 Å². The number of hydrogen-bond acceptors (Lipinski definition) is 4. The van der Waals surface area contributed by atoms with Crippen LogP contribution in [0.1, 0.15) is 0 Å². The van der Waals surface area contributed by atoms with Crippen molar-refractivity contribution in [2.75, 3.05) is 0 Å². The van der Waals surface area contributed by atoms with Gasteiger partial charge >= 0.3 is 0 Å². The Morgan fingerprint density at radius 3 is 2.47 bits per heavy atom. The molecule has 0 saturated heterocycles. The van der Waals surface area contributed by atoms with E-state index in [1.54, 1.807) is 16.8 Å². The molecule has 1 N–H and O–H groups in total. The molecule has 0 saturated carbocycles. The number of rotatable bonds is 2. The Morgan fingerprint density at radius 2 is 2.00 bits per heavy atom. The second-order valence-corrected chi connectivity index (χ2v) is 2.57. The molecule has 1 heterocycles. The fourth-order valence-electron chi connectivity index (χ4n) is 1.04. The van der Waals surface area contributed by atoms with Crippen LogP contribution in [0.3, 0.4) is 0 Å². The molecule has 0 aliphatic rings. The van der Waals surface area contributed by atoms with Gasteiger partial charge in [-0.05, 0) is 12.1 Å². The van der Waals surface area contributed by atoms with E-state index < -0.39 is 4.92 Å². The second-order valence-electron chi connectivity index (χ2n) is 2.57. The third kappa shape index (κ3) is 2.26. The summed E-state index contributed by atoms with van der Waals surface area (Å²) in [5.41, 5.74) is 0.794. The van der Waals surface area contributed by atoms with Crippen LogP contribution < -0.4 is 17.1 Å². The first-order valence-electron chi connectivity index (χ1n) is 3.80. The number of nitro benzene ring substituents is 1. The molecule has 2 rings (SSSR count). The van der Waals surface area contributed by atoms with Gasteiger partial charge in [0.05, 0.1) is 4.92 Å². The summed E-state index contributed by atoms with van der Waals surface area (Å²) in [4.78, 5) is 9.92. The quantitative estimate of drug-likeness (QED) is 0.336. The molecule has 0 amide bonds. The molecule has 0 aliphatic heterocycles. The molecule has 0 radical (unpaired) electrons. The highest BCUT2D eigenvalue weighted by Gasteiger charge is 2.07. The first kappa shape index (κ1) is 11.1. The van der Waals surface area contributed by atoms with Crippen LogP contribution in [-0.4, -0.2) is 20.4 Å². The number of tetrazole rings is 1. The van der Waals surface area contributed by atoms with Gasteiger partial charge in [0.25, 0.3) is 12.0 Å². The van der Waals surface area contributed by atoms with Gasteiger partial charge in [0.2, 0.25) is 0 Å². The second kappa shape index (κ2) is 4.47. The Morgan fingerprint density at radius 1 is 1.33 bits per heavy atom. The van der Waals surface area contributed by atoms with E-state index in [2.05, 4.69) is 15.5 Å². The number of nitrogens with one attached hydrogen (secondary N) is 1. The summed E-state index contributed by atoms with van der Waals surface area (Å²) in [6.07, 6.45) is 1.47. The predicted octanol–water partition coefficient (Wildman–Crippen LogP) is -3.01. The van der Waals surface area contributed by atoms with Crippen molar-refractivity contribution in [3.8, 4) is 5.69 Å². The van der Waals surface area contributed by atoms with Crippen LogP contribution in [0.5, 0.6) is 0 Å². The van der Waals surface area contributed by atoms with Crippen LogP contribution in [-0.2, 0) is 0 Å². The van der Waals surface area contributed by atoms with Crippen molar-refractivity contribution in [2.24, 2.45) is 0 Å². The number of aromatic nitrogens is 4. The minimum atomic E-state index is -0.445. The van der Waals surface area contributed by atoms with E-state index in [1.165, 1.54) is 18.5 Å². The molecule has 7 nitrogen and oxygen atoms in total. The van der Waals surface area contributed by atoms with E-state index in [4.69, 9.17) is 0 Å². The normalized spacial score (nSPS) is 9.33. The molecule has 2 aromatic rings. The van der Waals surface area contributed by atoms with Gasteiger partial charge in [-0.1, -0.05) is 5.21 Å². The molecule has 0 unspecified atom stereocenters. The molecule has 0 fully saturated rings. The van der Waals surface area contributed by atoms with E-state index in [0.29, 0.717) is 0 Å². The standard InChI is InChI=1S/C7H5N5O2.ClH/c13-12(14)7-3-1-6(2-4-7)11-5-8-9-10-11;/h1-5H;1H. The van der Waals surface area contributed by atoms with Crippen molar-refractivity contribution in [1.29, 1.82) is 0 Å². The van der Waals surface area contributed by atoms with E-state index >= 15 is 0 Å². The van der Waals surface area contributed by atoms with E-state index in [1.807, 2.05) is 0 Å². The highest BCUT2D eigenvalue weighted by Crippen LogP contribution is 2.10. The van der Waals surface area contributed by atoms with Gasteiger partial charge in [0, 0.05) is 12.1 Å². The first-order valence-corrected chi connectivity index (χ1v) is 3.80. The number of nitrogens with zero attached hydrogens (tertiary/aromatic N) is 4. The summed E-state index contributed by atoms with van der Waals surface area (Å²) in [6, 6.07) is 6.06. The maximum Gasteiger partial charge on any atom is 0.293 e. The average molecular weight is 228 g/mol. The highest BCUT2D eigenvalue weighted by atomic mass is 35.5. The van der Waals surface area contributed by atoms with Crippen molar-refractivity contribution in [3.05, 3.63) is 40.7 Å². The Labute approximate surface area is 90.3 Å². The monoisotopic (exact) mass is 227 g/mol. The molecule has 15 heavy (non-hydrogen) atoms. The maximum atomic E-state index is 10.4. The van der Waals surface area contributed by atoms with Gasteiger partial charge in [0.1, 0.15) is 10.8 Å². The number of benzene rings is 1. The van der Waals surface area contributed by atoms with Crippen molar-refractivity contribution in [3.63, 3.8) is 0 Å². The van der Waals surface area contributed by atoms with Crippen LogP contribution in [0.25, 0.3) is 5.69 Å². The van der Waals surface area contributed by atoms with Gasteiger partial charge in [-0.3, -0.25) is 10.1 Å². The minimum Gasteiger partial charge on any atom is -1.00 e. The van der Waals surface area contributed by atoms with Gasteiger partial charge < -0.3 is 12.4 Å². The number of H-pyrrole nitrogens is 1. The molecule has 0 bridgehead atoms. The summed E-state index contributed by atoms with van der Waals surface area (Å²) < 4.78 is 1.55. The molecular weight excluding hydrogens is 222 g/mol. The Kier molecular flexibility index (Phi) is 3.29. The van der Waals surface area contributed by atoms with E-state index in [-0.39, 0.29) is 18.1 Å². The third-order valence-corrected chi connectivity index (χ3v) is 1.72. The highest BCUT2D eigenvalue weighted by molar-refractivity contribution is 5.35. The molecule has 8 heteroatoms. The summed E-state index contributed by atoms with van der Waals surface area (Å²) in [5, 5.41) is 20.0. The lowest BCUT2D eigenvalue weighted by atomic mass is 10.3. The summed E-state index contributed by atoms with van der Waals surface area (Å²) in [5.74, 6) is 0. The largest absolute Gasteiger partial charge is 1.00 e. The summed E-state index contributed by atoms with van der Waals surface area (Å²) in [6.45, 7) is 0.